The molecule has 0 aliphatic heterocycles. The molecule has 0 aromatic heterocycles. The highest BCUT2D eigenvalue weighted by molar-refractivity contribution is 5.00. The molecule has 20 heavy (non-hydrogen) atoms. The van der Waals surface area contributed by atoms with Gasteiger partial charge >= 0.3 is 0 Å². The Morgan fingerprint density at radius 2 is 0.700 bits per heavy atom. The van der Waals surface area contributed by atoms with Crippen LogP contribution in [-0.2, 0) is 0 Å². The summed E-state index contributed by atoms with van der Waals surface area (Å²) in [5.41, 5.74) is 0.418. The fourth-order valence-electron chi connectivity index (χ4n) is 3.90. The molecule has 0 aromatic rings. The van der Waals surface area contributed by atoms with Gasteiger partial charge in [-0.3, -0.25) is 0 Å². The number of hydrogen-bond donors (Lipinski definition) is 0. The van der Waals surface area contributed by atoms with E-state index in [-0.39, 0.29) is 21.7 Å². The van der Waals surface area contributed by atoms with Crippen molar-refractivity contribution in [2.24, 2.45) is 27.1 Å². The minimum Gasteiger partial charge on any atom is -0.0602 e. The van der Waals surface area contributed by atoms with Crippen molar-refractivity contribution in [3.63, 3.8) is 0 Å². The first-order chi connectivity index (χ1) is 8.37. The van der Waals surface area contributed by atoms with Crippen LogP contribution >= 0.6 is 0 Å². The first-order valence-electron chi connectivity index (χ1n) is 8.12. The van der Waals surface area contributed by atoms with Crippen LogP contribution in [0.15, 0.2) is 0 Å². The van der Waals surface area contributed by atoms with Gasteiger partial charge in [-0.25, -0.2) is 0 Å². The molecule has 0 fully saturated rings. The van der Waals surface area contributed by atoms with Gasteiger partial charge in [0.25, 0.3) is 0 Å². The van der Waals surface area contributed by atoms with Gasteiger partial charge in [0.05, 0.1) is 0 Å². The van der Waals surface area contributed by atoms with Gasteiger partial charge in [-0.1, -0.05) is 76.2 Å². The van der Waals surface area contributed by atoms with E-state index < -0.39 is 5.41 Å². The molecule has 0 aliphatic carbocycles. The Hall–Kier alpha value is 0. The van der Waals surface area contributed by atoms with E-state index in [1.54, 1.807) is 0 Å². The van der Waals surface area contributed by atoms with Crippen molar-refractivity contribution in [1.29, 1.82) is 0 Å². The minimum absolute atomic E-state index is 0.0573. The lowest BCUT2D eigenvalue weighted by Crippen LogP contribution is -2.44. The van der Waals surface area contributed by atoms with Crippen molar-refractivity contribution in [2.45, 2.75) is 95.4 Å². The van der Waals surface area contributed by atoms with Crippen molar-refractivity contribution in [3.8, 4) is 0 Å². The summed E-state index contributed by atoms with van der Waals surface area (Å²) in [6, 6.07) is 0. The van der Waals surface area contributed by atoms with E-state index >= 15 is 0 Å². The number of hydrogen-bond acceptors (Lipinski definition) is 0. The highest BCUT2D eigenvalue weighted by Crippen LogP contribution is 2.57. The molecular formula is C20H39. The van der Waals surface area contributed by atoms with Crippen LogP contribution in [0.25, 0.3) is 0 Å². The van der Waals surface area contributed by atoms with Crippen LogP contribution in [0.5, 0.6) is 0 Å². The molecule has 0 aromatic carbocycles. The van der Waals surface area contributed by atoms with Crippen molar-refractivity contribution in [3.05, 3.63) is 6.92 Å². The molecule has 3 radical (unpaired) electrons. The zero-order valence-corrected chi connectivity index (χ0v) is 16.1. The molecule has 0 atom stereocenters. The molecule has 0 rings (SSSR count). The van der Waals surface area contributed by atoms with Crippen LogP contribution < -0.4 is 0 Å². The summed E-state index contributed by atoms with van der Waals surface area (Å²) in [7, 11) is 0. The Morgan fingerprint density at radius 1 is 0.500 bits per heavy atom. The van der Waals surface area contributed by atoms with Gasteiger partial charge in [-0.2, -0.15) is 0 Å². The van der Waals surface area contributed by atoms with E-state index in [1.165, 1.54) is 0 Å². The summed E-state index contributed by atoms with van der Waals surface area (Å²) in [6.07, 6.45) is 3.35. The first-order valence-corrected chi connectivity index (χ1v) is 8.12. The topological polar surface area (TPSA) is 0 Å². The van der Waals surface area contributed by atoms with Crippen LogP contribution in [0, 0.1) is 34.0 Å². The highest BCUT2D eigenvalue weighted by Gasteiger charge is 2.48. The Bertz CT molecular complexity index is 252. The Balaban J connectivity index is 5.78. The molecule has 0 saturated heterocycles. The van der Waals surface area contributed by atoms with Crippen molar-refractivity contribution < 1.29 is 0 Å². The van der Waals surface area contributed by atoms with E-state index in [9.17, 15) is 0 Å². The largest absolute Gasteiger partial charge is 0.0602 e. The molecule has 0 unspecified atom stereocenters. The van der Waals surface area contributed by atoms with E-state index in [0.717, 1.165) is 19.3 Å². The minimum atomic E-state index is -0.416. The van der Waals surface area contributed by atoms with Gasteiger partial charge in [0.1, 0.15) is 0 Å². The number of rotatable bonds is 4. The van der Waals surface area contributed by atoms with Crippen molar-refractivity contribution >= 4 is 0 Å². The van der Waals surface area contributed by atoms with E-state index in [1.807, 2.05) is 0 Å². The second-order valence-corrected chi connectivity index (χ2v) is 11.1. The van der Waals surface area contributed by atoms with E-state index in [4.69, 9.17) is 6.92 Å². The Labute approximate surface area is 130 Å². The third-order valence-electron chi connectivity index (χ3n) is 3.93. The summed E-state index contributed by atoms with van der Waals surface area (Å²) in [4.78, 5) is 0. The Kier molecular flexibility index (Phi) is 5.65. The molecule has 0 nitrogen and oxygen atoms in total. The predicted molar refractivity (Wildman–Crippen MR) is 91.7 cm³/mol. The summed E-state index contributed by atoms with van der Waals surface area (Å²) in [5, 5.41) is 0. The monoisotopic (exact) mass is 279 g/mol. The third kappa shape index (κ3) is 7.14. The fourth-order valence-corrected chi connectivity index (χ4v) is 3.90. The SMILES string of the molecule is [C]C(C)(C)C(CC(C)(C)C)(CC(C)(C)C)CC(C)(C)C. The second-order valence-electron chi connectivity index (χ2n) is 11.1. The smallest absolute Gasteiger partial charge is 0.00199 e. The predicted octanol–water partition coefficient (Wildman–Crippen LogP) is 6.90. The van der Waals surface area contributed by atoms with E-state index in [2.05, 4.69) is 76.2 Å². The van der Waals surface area contributed by atoms with Crippen LogP contribution in [0.1, 0.15) is 95.4 Å². The molecule has 0 bridgehead atoms. The van der Waals surface area contributed by atoms with Crippen LogP contribution in [0.4, 0.5) is 0 Å². The Morgan fingerprint density at radius 3 is 0.800 bits per heavy atom. The molecular weight excluding hydrogens is 240 g/mol. The lowest BCUT2D eigenvalue weighted by Gasteiger charge is -2.53. The average Bonchev–Trinajstić information content (AvgIpc) is 1.88. The summed E-state index contributed by atoms with van der Waals surface area (Å²) < 4.78 is 0. The maximum atomic E-state index is 8.88. The average molecular weight is 280 g/mol. The quantitative estimate of drug-likeness (QED) is 0.525. The first kappa shape index (κ1) is 20.0. The lowest BCUT2D eigenvalue weighted by atomic mass is 9.51. The zero-order chi connectivity index (χ0) is 16.6. The fraction of sp³-hybridized carbons (Fsp3) is 0.950. The normalized spacial score (nSPS) is 15.6. The second kappa shape index (κ2) is 5.65. The van der Waals surface area contributed by atoms with Crippen LogP contribution in [0.2, 0.25) is 0 Å². The lowest BCUT2D eigenvalue weighted by molar-refractivity contribution is -0.0232. The van der Waals surface area contributed by atoms with Gasteiger partial charge in [0.15, 0.2) is 0 Å². The summed E-state index contributed by atoms with van der Waals surface area (Å²) >= 11 is 0. The van der Waals surface area contributed by atoms with Gasteiger partial charge in [0, 0.05) is 0 Å². The van der Waals surface area contributed by atoms with Crippen LogP contribution in [-0.4, -0.2) is 0 Å². The molecule has 0 saturated carbocycles. The van der Waals surface area contributed by atoms with Gasteiger partial charge < -0.3 is 0 Å². The maximum Gasteiger partial charge on any atom is -0.00199 e. The molecule has 0 heterocycles. The standard InChI is InChI=1S/C20H39/c1-16(2,3)13-20(19(10,11)12,14-17(4,5)6)15-18(7,8)9/h13-15H2,1-11H3. The summed E-state index contributed by atoms with van der Waals surface area (Å²) in [5.74, 6) is 0. The van der Waals surface area contributed by atoms with Crippen molar-refractivity contribution in [1.82, 2.24) is 0 Å². The molecule has 0 heteroatoms. The van der Waals surface area contributed by atoms with Gasteiger partial charge in [-0.15, -0.1) is 0 Å². The molecule has 0 amide bonds. The molecule has 0 aliphatic rings. The van der Waals surface area contributed by atoms with E-state index in [0.29, 0.717) is 0 Å². The maximum absolute atomic E-state index is 8.88. The van der Waals surface area contributed by atoms with Crippen LogP contribution in [0.3, 0.4) is 0 Å². The highest BCUT2D eigenvalue weighted by atomic mass is 14.5. The molecule has 0 spiro atoms. The van der Waals surface area contributed by atoms with Gasteiger partial charge in [-0.05, 0) is 53.3 Å². The summed E-state index contributed by atoms with van der Waals surface area (Å²) in [6.45, 7) is 34.0. The zero-order valence-electron chi connectivity index (χ0n) is 16.1. The van der Waals surface area contributed by atoms with Crippen molar-refractivity contribution in [2.75, 3.05) is 0 Å². The molecule has 119 valence electrons. The third-order valence-corrected chi connectivity index (χ3v) is 3.93. The molecule has 0 N–H and O–H groups in total. The van der Waals surface area contributed by atoms with Gasteiger partial charge in [0.2, 0.25) is 0 Å².